The van der Waals surface area contributed by atoms with Gasteiger partial charge in [0.15, 0.2) is 0 Å². The number of aromatic nitrogens is 4. The molecule has 1 saturated heterocycles. The minimum Gasteiger partial charge on any atom is -0.348 e. The maximum absolute atomic E-state index is 13.5. The molecule has 0 spiro atoms. The van der Waals surface area contributed by atoms with Crippen molar-refractivity contribution in [3.63, 3.8) is 0 Å². The van der Waals surface area contributed by atoms with E-state index in [-0.39, 0.29) is 11.7 Å². The van der Waals surface area contributed by atoms with Gasteiger partial charge in [-0.3, -0.25) is 9.20 Å². The first-order valence-corrected chi connectivity index (χ1v) is 11.4. The Balaban J connectivity index is 1.35. The molecule has 0 atom stereocenters. The van der Waals surface area contributed by atoms with Gasteiger partial charge in [-0.05, 0) is 56.7 Å². The van der Waals surface area contributed by atoms with Gasteiger partial charge in [0, 0.05) is 36.0 Å². The SMILES string of the molecule is CN1CCC(c2cccc(Nc3ccc(-c4cnc5nc(F)ccn45)c4c3C(=O)NC4)n2)CC1. The van der Waals surface area contributed by atoms with Gasteiger partial charge in [-0.2, -0.15) is 9.37 Å². The van der Waals surface area contributed by atoms with Crippen molar-refractivity contribution in [3.05, 3.63) is 71.6 Å². The molecule has 0 saturated carbocycles. The van der Waals surface area contributed by atoms with Crippen LogP contribution in [0.2, 0.25) is 0 Å². The highest BCUT2D eigenvalue weighted by Gasteiger charge is 2.27. The molecule has 0 aliphatic carbocycles. The summed E-state index contributed by atoms with van der Waals surface area (Å²) in [5.41, 5.74) is 4.86. The summed E-state index contributed by atoms with van der Waals surface area (Å²) in [6.07, 6.45) is 5.44. The topological polar surface area (TPSA) is 87.4 Å². The van der Waals surface area contributed by atoms with Crippen LogP contribution in [0.5, 0.6) is 0 Å². The molecule has 1 fully saturated rings. The van der Waals surface area contributed by atoms with Crippen LogP contribution in [-0.2, 0) is 6.54 Å². The molecular formula is C25H24FN7O. The molecule has 2 aliphatic heterocycles. The highest BCUT2D eigenvalue weighted by Crippen LogP contribution is 2.35. The van der Waals surface area contributed by atoms with Gasteiger partial charge >= 0.3 is 0 Å². The number of piperidine rings is 1. The molecule has 0 unspecified atom stereocenters. The van der Waals surface area contributed by atoms with Crippen LogP contribution in [-0.4, -0.2) is 50.3 Å². The molecule has 9 heteroatoms. The second-order valence-electron chi connectivity index (χ2n) is 8.91. The first-order chi connectivity index (χ1) is 16.6. The van der Waals surface area contributed by atoms with Crippen LogP contribution in [0.1, 0.15) is 40.4 Å². The zero-order chi connectivity index (χ0) is 23.2. The summed E-state index contributed by atoms with van der Waals surface area (Å²) in [6.45, 7) is 2.55. The molecule has 2 aliphatic rings. The van der Waals surface area contributed by atoms with E-state index in [2.05, 4.69) is 38.6 Å². The third kappa shape index (κ3) is 3.58. The lowest BCUT2D eigenvalue weighted by atomic mass is 9.93. The maximum atomic E-state index is 13.5. The van der Waals surface area contributed by atoms with E-state index >= 15 is 0 Å². The number of hydrogen-bond acceptors (Lipinski definition) is 6. The third-order valence-corrected chi connectivity index (χ3v) is 6.76. The van der Waals surface area contributed by atoms with Crippen LogP contribution in [0, 0.1) is 5.95 Å². The Bertz CT molecular complexity index is 1410. The summed E-state index contributed by atoms with van der Waals surface area (Å²) in [7, 11) is 2.15. The smallest absolute Gasteiger partial charge is 0.254 e. The average molecular weight is 458 g/mol. The standard InChI is InChI=1S/C25H24FN7O/c1-32-10-7-15(8-11-32)18-3-2-4-22(29-18)30-19-6-5-16(17-13-27-24(34)23(17)19)20-14-28-25-31-21(26)9-12-33(20)25/h2-6,9,12,14-15H,7-8,10-11,13H2,1H3,(H,27,34)(H,29,30). The van der Waals surface area contributed by atoms with Gasteiger partial charge in [0.25, 0.3) is 5.91 Å². The number of fused-ring (bicyclic) bond motifs is 2. The molecule has 0 radical (unpaired) electrons. The minimum atomic E-state index is -0.582. The number of nitrogens with zero attached hydrogens (tertiary/aromatic N) is 5. The average Bonchev–Trinajstić information content (AvgIpc) is 3.44. The van der Waals surface area contributed by atoms with Crippen LogP contribution in [0.4, 0.5) is 15.9 Å². The number of rotatable bonds is 4. The summed E-state index contributed by atoms with van der Waals surface area (Å²) in [5, 5.41) is 6.30. The van der Waals surface area contributed by atoms with Crippen molar-refractivity contribution < 1.29 is 9.18 Å². The van der Waals surface area contributed by atoms with E-state index in [1.807, 2.05) is 24.3 Å². The molecule has 4 aromatic rings. The zero-order valence-electron chi connectivity index (χ0n) is 18.8. The molecule has 34 heavy (non-hydrogen) atoms. The van der Waals surface area contributed by atoms with Crippen molar-refractivity contribution in [3.8, 4) is 11.3 Å². The molecule has 1 aromatic carbocycles. The molecule has 172 valence electrons. The van der Waals surface area contributed by atoms with Gasteiger partial charge in [-0.15, -0.1) is 0 Å². The van der Waals surface area contributed by atoms with Gasteiger partial charge in [0.2, 0.25) is 11.7 Å². The lowest BCUT2D eigenvalue weighted by Crippen LogP contribution is -2.29. The quantitative estimate of drug-likeness (QED) is 0.454. The number of nitrogens with one attached hydrogen (secondary N) is 2. The fourth-order valence-electron chi connectivity index (χ4n) is 4.93. The van der Waals surface area contributed by atoms with Gasteiger partial charge < -0.3 is 15.5 Å². The number of carbonyl (C=O) groups is 1. The number of pyridine rings is 1. The highest BCUT2D eigenvalue weighted by atomic mass is 19.1. The summed E-state index contributed by atoms with van der Waals surface area (Å²) < 4.78 is 15.2. The van der Waals surface area contributed by atoms with Gasteiger partial charge in [0.05, 0.1) is 23.1 Å². The summed E-state index contributed by atoms with van der Waals surface area (Å²) in [5.74, 6) is 0.728. The molecule has 5 heterocycles. The van der Waals surface area contributed by atoms with E-state index in [4.69, 9.17) is 4.98 Å². The number of amides is 1. The molecule has 8 nitrogen and oxygen atoms in total. The summed E-state index contributed by atoms with van der Waals surface area (Å²) in [6, 6.07) is 11.2. The lowest BCUT2D eigenvalue weighted by molar-refractivity contribution is 0.0966. The molecular weight excluding hydrogens is 433 g/mol. The fraction of sp³-hybridized carbons (Fsp3) is 0.280. The van der Waals surface area contributed by atoms with Crippen molar-refractivity contribution in [1.29, 1.82) is 0 Å². The summed E-state index contributed by atoms with van der Waals surface area (Å²) in [4.78, 5) is 28.1. The van der Waals surface area contributed by atoms with Crippen molar-refractivity contribution >= 4 is 23.2 Å². The molecule has 2 N–H and O–H groups in total. The Morgan fingerprint density at radius 3 is 2.82 bits per heavy atom. The normalized spacial score (nSPS) is 16.6. The predicted octanol–water partition coefficient (Wildman–Crippen LogP) is 3.73. The first kappa shape index (κ1) is 20.7. The van der Waals surface area contributed by atoms with Gasteiger partial charge in [-0.25, -0.2) is 9.97 Å². The van der Waals surface area contributed by atoms with Crippen LogP contribution >= 0.6 is 0 Å². The van der Waals surface area contributed by atoms with Crippen LogP contribution in [0.25, 0.3) is 17.0 Å². The van der Waals surface area contributed by atoms with E-state index in [1.165, 1.54) is 6.07 Å². The molecule has 6 rings (SSSR count). The number of hydrogen-bond donors (Lipinski definition) is 2. The fourth-order valence-corrected chi connectivity index (χ4v) is 4.93. The van der Waals surface area contributed by atoms with E-state index in [1.54, 1.807) is 16.8 Å². The predicted molar refractivity (Wildman–Crippen MR) is 127 cm³/mol. The van der Waals surface area contributed by atoms with Crippen molar-refractivity contribution in [2.75, 3.05) is 25.5 Å². The number of halogens is 1. The highest BCUT2D eigenvalue weighted by molar-refractivity contribution is 6.06. The molecule has 0 bridgehead atoms. The molecule has 3 aromatic heterocycles. The van der Waals surface area contributed by atoms with Crippen molar-refractivity contribution in [2.45, 2.75) is 25.3 Å². The second kappa shape index (κ2) is 8.18. The number of anilines is 2. The number of imidazole rings is 1. The van der Waals surface area contributed by atoms with E-state index in [0.717, 1.165) is 54.3 Å². The second-order valence-corrected chi connectivity index (χ2v) is 8.91. The Kier molecular flexibility index (Phi) is 4.99. The van der Waals surface area contributed by atoms with Gasteiger partial charge in [0.1, 0.15) is 5.82 Å². The zero-order valence-corrected chi connectivity index (χ0v) is 18.8. The van der Waals surface area contributed by atoms with Crippen LogP contribution < -0.4 is 10.6 Å². The number of carbonyl (C=O) groups excluding carboxylic acids is 1. The Labute approximate surface area is 195 Å². The summed E-state index contributed by atoms with van der Waals surface area (Å²) >= 11 is 0. The van der Waals surface area contributed by atoms with Crippen molar-refractivity contribution in [1.82, 2.24) is 29.6 Å². The Morgan fingerprint density at radius 2 is 1.97 bits per heavy atom. The van der Waals surface area contributed by atoms with Crippen molar-refractivity contribution in [2.24, 2.45) is 0 Å². The van der Waals surface area contributed by atoms with E-state index in [9.17, 15) is 9.18 Å². The number of benzene rings is 1. The number of likely N-dealkylation sites (tertiary alicyclic amines) is 1. The molecule has 1 amide bonds. The Morgan fingerprint density at radius 1 is 1.12 bits per heavy atom. The van der Waals surface area contributed by atoms with Crippen LogP contribution in [0.3, 0.4) is 0 Å². The largest absolute Gasteiger partial charge is 0.348 e. The lowest BCUT2D eigenvalue weighted by Gasteiger charge is -2.28. The van der Waals surface area contributed by atoms with E-state index < -0.39 is 5.95 Å². The Hall–Kier alpha value is -3.85. The first-order valence-electron chi connectivity index (χ1n) is 11.4. The maximum Gasteiger partial charge on any atom is 0.254 e. The van der Waals surface area contributed by atoms with Crippen LogP contribution in [0.15, 0.2) is 48.8 Å². The third-order valence-electron chi connectivity index (χ3n) is 6.76. The minimum absolute atomic E-state index is 0.135. The monoisotopic (exact) mass is 457 g/mol. The van der Waals surface area contributed by atoms with Gasteiger partial charge in [-0.1, -0.05) is 12.1 Å². The van der Waals surface area contributed by atoms with E-state index in [0.29, 0.717) is 23.7 Å².